The molecule has 0 saturated heterocycles. The molecule has 1 aliphatic carbocycles. The van der Waals surface area contributed by atoms with Gasteiger partial charge in [0.1, 0.15) is 6.10 Å². The molecular weight excluding hydrogens is 188 g/mol. The number of carbonyl (C=O) groups excluding carboxylic acids is 1. The van der Waals surface area contributed by atoms with E-state index in [1.165, 1.54) is 45.4 Å². The van der Waals surface area contributed by atoms with Crippen LogP contribution >= 0.6 is 0 Å². The van der Waals surface area contributed by atoms with Gasteiger partial charge in [-0.25, -0.2) is 0 Å². The highest BCUT2D eigenvalue weighted by molar-refractivity contribution is 5.66. The molecule has 0 spiro atoms. The van der Waals surface area contributed by atoms with Gasteiger partial charge in [0.25, 0.3) is 0 Å². The molecule has 0 heterocycles. The average Bonchev–Trinajstić information content (AvgIpc) is 2.18. The molecule has 0 bridgehead atoms. The maximum Gasteiger partial charge on any atom is 0.302 e. The van der Waals surface area contributed by atoms with Gasteiger partial charge >= 0.3 is 5.97 Å². The topological polar surface area (TPSA) is 26.3 Å². The lowest BCUT2D eigenvalue weighted by Crippen LogP contribution is -2.27. The van der Waals surface area contributed by atoms with Gasteiger partial charge < -0.3 is 4.74 Å². The first-order chi connectivity index (χ1) is 7.13. The third-order valence-electron chi connectivity index (χ3n) is 3.60. The minimum Gasteiger partial charge on any atom is -0.463 e. The minimum atomic E-state index is -0.141. The molecule has 0 N–H and O–H groups in total. The van der Waals surface area contributed by atoms with Crippen molar-refractivity contribution >= 4 is 5.97 Å². The fourth-order valence-electron chi connectivity index (χ4n) is 2.71. The van der Waals surface area contributed by atoms with E-state index in [2.05, 4.69) is 6.92 Å². The monoisotopic (exact) mass is 212 g/mol. The summed E-state index contributed by atoms with van der Waals surface area (Å²) in [5.41, 5.74) is 0. The van der Waals surface area contributed by atoms with Crippen LogP contribution in [0.5, 0.6) is 0 Å². The third kappa shape index (κ3) is 4.23. The Balaban J connectivity index is 2.27. The minimum absolute atomic E-state index is 0.116. The van der Waals surface area contributed by atoms with Crippen LogP contribution in [0.15, 0.2) is 0 Å². The van der Waals surface area contributed by atoms with E-state index < -0.39 is 0 Å². The molecule has 2 heteroatoms. The van der Waals surface area contributed by atoms with E-state index in [1.807, 2.05) is 6.92 Å². The summed E-state index contributed by atoms with van der Waals surface area (Å²) < 4.78 is 5.25. The predicted octanol–water partition coefficient (Wildman–Crippen LogP) is 3.54. The summed E-state index contributed by atoms with van der Waals surface area (Å²) in [5, 5.41) is 0. The summed E-state index contributed by atoms with van der Waals surface area (Å²) in [6.07, 6.45) is 7.90. The molecule has 1 unspecified atom stereocenters. The first-order valence-corrected chi connectivity index (χ1v) is 6.30. The summed E-state index contributed by atoms with van der Waals surface area (Å²) in [4.78, 5) is 10.8. The van der Waals surface area contributed by atoms with E-state index in [9.17, 15) is 4.79 Å². The van der Waals surface area contributed by atoms with Crippen molar-refractivity contribution < 1.29 is 9.53 Å². The lowest BCUT2D eigenvalue weighted by Gasteiger charge is -2.31. The Morgan fingerprint density at radius 3 is 2.40 bits per heavy atom. The van der Waals surface area contributed by atoms with E-state index >= 15 is 0 Å². The lowest BCUT2D eigenvalue weighted by atomic mass is 9.78. The van der Waals surface area contributed by atoms with Crippen LogP contribution in [0.3, 0.4) is 0 Å². The summed E-state index contributed by atoms with van der Waals surface area (Å²) >= 11 is 0. The maximum atomic E-state index is 10.8. The molecule has 1 rings (SSSR count). The lowest BCUT2D eigenvalue weighted by molar-refractivity contribution is -0.148. The Morgan fingerprint density at radius 1 is 1.33 bits per heavy atom. The molecule has 2 nitrogen and oxygen atoms in total. The zero-order valence-electron chi connectivity index (χ0n) is 10.3. The molecule has 1 atom stereocenters. The van der Waals surface area contributed by atoms with E-state index in [1.54, 1.807) is 0 Å². The Labute approximate surface area is 93.4 Å². The van der Waals surface area contributed by atoms with E-state index in [0.29, 0.717) is 5.92 Å². The molecule has 1 saturated carbocycles. The van der Waals surface area contributed by atoms with Crippen LogP contribution in [-0.2, 0) is 9.53 Å². The van der Waals surface area contributed by atoms with Crippen LogP contribution in [-0.4, -0.2) is 12.1 Å². The largest absolute Gasteiger partial charge is 0.463 e. The fourth-order valence-corrected chi connectivity index (χ4v) is 2.71. The number of carbonyl (C=O) groups is 1. The molecular formula is C13H24O2. The number of hydrogen-bond acceptors (Lipinski definition) is 2. The summed E-state index contributed by atoms with van der Waals surface area (Å²) in [7, 11) is 0. The molecule has 0 aromatic carbocycles. The van der Waals surface area contributed by atoms with Gasteiger partial charge in [-0.15, -0.1) is 0 Å². The standard InChI is InChI=1S/C13H24O2/c1-4-5-12-6-8-13(9-7-12)10(2)15-11(3)14/h10,12-13H,4-9H2,1-3H3/t10?,12-,13-. The quantitative estimate of drug-likeness (QED) is 0.666. The number of hydrogen-bond donors (Lipinski definition) is 0. The SMILES string of the molecule is CCC[C@H]1CC[C@H](C(C)OC(C)=O)CC1. The highest BCUT2D eigenvalue weighted by atomic mass is 16.5. The zero-order chi connectivity index (χ0) is 11.3. The predicted molar refractivity (Wildman–Crippen MR) is 61.6 cm³/mol. The first-order valence-electron chi connectivity index (χ1n) is 6.30. The Bertz CT molecular complexity index is 193. The van der Waals surface area contributed by atoms with Crippen molar-refractivity contribution in [2.75, 3.05) is 0 Å². The third-order valence-corrected chi connectivity index (χ3v) is 3.60. The van der Waals surface area contributed by atoms with Crippen molar-refractivity contribution in [3.8, 4) is 0 Å². The van der Waals surface area contributed by atoms with Gasteiger partial charge in [-0.1, -0.05) is 32.6 Å². The van der Waals surface area contributed by atoms with Gasteiger partial charge in [-0.3, -0.25) is 4.79 Å². The maximum absolute atomic E-state index is 10.8. The summed E-state index contributed by atoms with van der Waals surface area (Å²) in [5.74, 6) is 1.39. The van der Waals surface area contributed by atoms with Crippen molar-refractivity contribution in [2.45, 2.75) is 65.4 Å². The van der Waals surface area contributed by atoms with Crippen molar-refractivity contribution in [2.24, 2.45) is 11.8 Å². The Hall–Kier alpha value is -0.530. The van der Waals surface area contributed by atoms with E-state index in [-0.39, 0.29) is 12.1 Å². The van der Waals surface area contributed by atoms with Gasteiger partial charge in [0.05, 0.1) is 0 Å². The highest BCUT2D eigenvalue weighted by Crippen LogP contribution is 2.33. The highest BCUT2D eigenvalue weighted by Gasteiger charge is 2.26. The molecule has 15 heavy (non-hydrogen) atoms. The number of ether oxygens (including phenoxy) is 1. The van der Waals surface area contributed by atoms with Gasteiger partial charge in [0.2, 0.25) is 0 Å². The smallest absolute Gasteiger partial charge is 0.302 e. The van der Waals surface area contributed by atoms with Crippen molar-refractivity contribution in [3.63, 3.8) is 0 Å². The first kappa shape index (κ1) is 12.5. The normalized spacial score (nSPS) is 28.5. The van der Waals surface area contributed by atoms with Gasteiger partial charge in [-0.05, 0) is 31.6 Å². The molecule has 0 radical (unpaired) electrons. The van der Waals surface area contributed by atoms with Crippen molar-refractivity contribution in [1.29, 1.82) is 0 Å². The molecule has 88 valence electrons. The molecule has 1 fully saturated rings. The molecule has 0 aromatic rings. The van der Waals surface area contributed by atoms with Gasteiger partial charge in [-0.2, -0.15) is 0 Å². The van der Waals surface area contributed by atoms with Gasteiger partial charge in [0, 0.05) is 6.92 Å². The van der Waals surface area contributed by atoms with E-state index in [0.717, 1.165) is 5.92 Å². The van der Waals surface area contributed by atoms with Crippen molar-refractivity contribution in [1.82, 2.24) is 0 Å². The summed E-state index contributed by atoms with van der Waals surface area (Å²) in [6, 6.07) is 0. The second-order valence-electron chi connectivity index (χ2n) is 4.88. The van der Waals surface area contributed by atoms with Crippen LogP contribution in [0.4, 0.5) is 0 Å². The van der Waals surface area contributed by atoms with Crippen LogP contribution in [0.2, 0.25) is 0 Å². The van der Waals surface area contributed by atoms with Crippen LogP contribution in [0.25, 0.3) is 0 Å². The van der Waals surface area contributed by atoms with Crippen molar-refractivity contribution in [3.05, 3.63) is 0 Å². The second kappa shape index (κ2) is 6.14. The van der Waals surface area contributed by atoms with Crippen LogP contribution in [0, 0.1) is 11.8 Å². The number of esters is 1. The molecule has 0 aliphatic heterocycles. The van der Waals surface area contributed by atoms with E-state index in [4.69, 9.17) is 4.74 Å². The molecule has 0 aromatic heterocycles. The molecule has 1 aliphatic rings. The van der Waals surface area contributed by atoms with Crippen LogP contribution in [0.1, 0.15) is 59.3 Å². The zero-order valence-corrected chi connectivity index (χ0v) is 10.3. The Morgan fingerprint density at radius 2 is 1.93 bits per heavy atom. The molecule has 0 amide bonds. The summed E-state index contributed by atoms with van der Waals surface area (Å²) in [6.45, 7) is 5.79. The Kier molecular flexibility index (Phi) is 5.13. The average molecular weight is 212 g/mol. The second-order valence-corrected chi connectivity index (χ2v) is 4.88. The fraction of sp³-hybridized carbons (Fsp3) is 0.923. The van der Waals surface area contributed by atoms with Crippen LogP contribution < -0.4 is 0 Å². The van der Waals surface area contributed by atoms with Gasteiger partial charge in [0.15, 0.2) is 0 Å². The number of rotatable bonds is 4.